The Hall–Kier alpha value is -2.18. The van der Waals surface area contributed by atoms with Crippen LogP contribution in [0.5, 0.6) is 0 Å². The van der Waals surface area contributed by atoms with Gasteiger partial charge in [0.15, 0.2) is 0 Å². The van der Waals surface area contributed by atoms with Crippen LogP contribution in [-0.2, 0) is 11.3 Å². The van der Waals surface area contributed by atoms with Gasteiger partial charge in [-0.3, -0.25) is 9.69 Å². The second-order valence-corrected chi connectivity index (χ2v) is 8.10. The van der Waals surface area contributed by atoms with E-state index in [2.05, 4.69) is 4.90 Å². The molecule has 5 nitrogen and oxygen atoms in total. The number of furan rings is 1. The van der Waals surface area contributed by atoms with Gasteiger partial charge in [-0.15, -0.1) is 0 Å². The molecule has 2 saturated heterocycles. The van der Waals surface area contributed by atoms with Crippen LogP contribution in [0.3, 0.4) is 0 Å². The number of halogens is 1. The third-order valence-corrected chi connectivity index (χ3v) is 6.04. The van der Waals surface area contributed by atoms with E-state index < -0.39 is 0 Å². The summed E-state index contributed by atoms with van der Waals surface area (Å²) in [4.78, 5) is 16.3. The number of carbonyl (C=O) groups is 1. The normalized spacial score (nSPS) is 23.5. The molecule has 1 aromatic carbocycles. The molecule has 4 rings (SSSR count). The minimum atomic E-state index is -0.281. The Balaban J connectivity index is 1.43. The second-order valence-electron chi connectivity index (χ2n) is 8.10. The van der Waals surface area contributed by atoms with Gasteiger partial charge in [-0.25, -0.2) is 4.39 Å². The number of aliphatic hydroxyl groups is 1. The summed E-state index contributed by atoms with van der Waals surface area (Å²) in [7, 11) is 0. The first-order valence-corrected chi connectivity index (χ1v) is 10.0. The molecule has 0 bridgehead atoms. The number of likely N-dealkylation sites (tertiary alicyclic amines) is 2. The fourth-order valence-electron chi connectivity index (χ4n) is 4.69. The summed E-state index contributed by atoms with van der Waals surface area (Å²) in [5.74, 6) is 1.25. The second kappa shape index (κ2) is 8.05. The molecule has 0 saturated carbocycles. The lowest BCUT2D eigenvalue weighted by atomic mass is 9.73. The summed E-state index contributed by atoms with van der Waals surface area (Å²) in [5.41, 5.74) is 0.580. The average Bonchev–Trinajstić information content (AvgIpc) is 3.14. The Morgan fingerprint density at radius 2 is 2.00 bits per heavy atom. The van der Waals surface area contributed by atoms with Crippen molar-refractivity contribution in [3.63, 3.8) is 0 Å². The first-order chi connectivity index (χ1) is 13.6. The number of hydrogen-bond acceptors (Lipinski definition) is 4. The zero-order chi connectivity index (χ0) is 19.6. The summed E-state index contributed by atoms with van der Waals surface area (Å²) in [6.07, 6.45) is 3.66. The summed E-state index contributed by atoms with van der Waals surface area (Å²) in [5, 5.41) is 9.24. The molecule has 1 N–H and O–H groups in total. The number of hydrogen-bond donors (Lipinski definition) is 1. The Morgan fingerprint density at radius 1 is 1.14 bits per heavy atom. The van der Waals surface area contributed by atoms with Crippen LogP contribution < -0.4 is 0 Å². The highest BCUT2D eigenvalue weighted by atomic mass is 19.1. The van der Waals surface area contributed by atoms with Crippen molar-refractivity contribution in [2.24, 2.45) is 5.41 Å². The molecule has 1 unspecified atom stereocenters. The molecule has 0 aliphatic carbocycles. The summed E-state index contributed by atoms with van der Waals surface area (Å²) in [6.45, 7) is 3.75. The molecule has 3 heterocycles. The fraction of sp³-hybridized carbons (Fsp3) is 0.500. The van der Waals surface area contributed by atoms with Crippen molar-refractivity contribution >= 4 is 5.91 Å². The highest BCUT2D eigenvalue weighted by Crippen LogP contribution is 2.39. The number of aliphatic hydroxyl groups excluding tert-OH is 1. The molecule has 28 heavy (non-hydrogen) atoms. The highest BCUT2D eigenvalue weighted by molar-refractivity contribution is 5.77. The van der Waals surface area contributed by atoms with Gasteiger partial charge < -0.3 is 14.4 Å². The molecular weight excluding hydrogens is 359 g/mol. The van der Waals surface area contributed by atoms with Gasteiger partial charge in [0.1, 0.15) is 17.3 Å². The standard InChI is InChI=1S/C22H27FN2O3/c23-19-5-2-1-4-18(19)20-7-6-17(28-20)14-24-11-3-9-22(15-24)10-8-21(27)25(16-22)12-13-26/h1-2,4-7,26H,3,8-16H2. The molecule has 2 aromatic rings. The van der Waals surface area contributed by atoms with Crippen LogP contribution in [0.2, 0.25) is 0 Å². The molecule has 150 valence electrons. The average molecular weight is 386 g/mol. The minimum Gasteiger partial charge on any atom is -0.460 e. The van der Waals surface area contributed by atoms with Gasteiger partial charge >= 0.3 is 0 Å². The van der Waals surface area contributed by atoms with Crippen molar-refractivity contribution in [3.8, 4) is 11.3 Å². The number of amides is 1. The van der Waals surface area contributed by atoms with Gasteiger partial charge in [0.25, 0.3) is 0 Å². The first-order valence-electron chi connectivity index (χ1n) is 10.0. The molecule has 0 radical (unpaired) electrons. The largest absolute Gasteiger partial charge is 0.460 e. The highest BCUT2D eigenvalue weighted by Gasteiger charge is 2.41. The molecule has 6 heteroatoms. The van der Waals surface area contributed by atoms with Gasteiger partial charge in [-0.2, -0.15) is 0 Å². The van der Waals surface area contributed by atoms with E-state index >= 15 is 0 Å². The van der Waals surface area contributed by atoms with Crippen LogP contribution in [0.4, 0.5) is 4.39 Å². The molecule has 1 spiro atoms. The van der Waals surface area contributed by atoms with Gasteiger partial charge in [-0.1, -0.05) is 12.1 Å². The number of benzene rings is 1. The van der Waals surface area contributed by atoms with E-state index in [0.29, 0.717) is 30.8 Å². The lowest BCUT2D eigenvalue weighted by Crippen LogP contribution is -2.54. The summed E-state index contributed by atoms with van der Waals surface area (Å²) in [6, 6.07) is 10.4. The van der Waals surface area contributed by atoms with Crippen molar-refractivity contribution in [3.05, 3.63) is 48.0 Å². The molecule has 1 aromatic heterocycles. The summed E-state index contributed by atoms with van der Waals surface area (Å²) < 4.78 is 19.9. The number of carbonyl (C=O) groups excluding carboxylic acids is 1. The quantitative estimate of drug-likeness (QED) is 0.857. The molecule has 2 fully saturated rings. The summed E-state index contributed by atoms with van der Waals surface area (Å²) >= 11 is 0. The van der Waals surface area contributed by atoms with E-state index in [9.17, 15) is 14.3 Å². The smallest absolute Gasteiger partial charge is 0.222 e. The van der Waals surface area contributed by atoms with Crippen LogP contribution in [0.1, 0.15) is 31.4 Å². The molecule has 2 aliphatic heterocycles. The van der Waals surface area contributed by atoms with Crippen LogP contribution in [-0.4, -0.2) is 53.6 Å². The van der Waals surface area contributed by atoms with E-state index in [-0.39, 0.29) is 23.7 Å². The maximum absolute atomic E-state index is 14.0. The van der Waals surface area contributed by atoms with Gasteiger partial charge in [0.2, 0.25) is 5.91 Å². The Morgan fingerprint density at radius 3 is 2.82 bits per heavy atom. The molecule has 1 atom stereocenters. The Bertz CT molecular complexity index is 837. The maximum atomic E-state index is 14.0. The van der Waals surface area contributed by atoms with Crippen molar-refractivity contribution < 1.29 is 18.7 Å². The third kappa shape index (κ3) is 3.98. The Kier molecular flexibility index (Phi) is 5.51. The number of rotatable bonds is 5. The first kappa shape index (κ1) is 19.2. The van der Waals surface area contributed by atoms with Crippen LogP contribution in [0.15, 0.2) is 40.8 Å². The van der Waals surface area contributed by atoms with Gasteiger partial charge in [0.05, 0.1) is 18.7 Å². The fourth-order valence-corrected chi connectivity index (χ4v) is 4.69. The van der Waals surface area contributed by atoms with E-state index in [1.54, 1.807) is 18.2 Å². The third-order valence-electron chi connectivity index (χ3n) is 6.04. The predicted molar refractivity (Wildman–Crippen MR) is 104 cm³/mol. The molecular formula is C22H27FN2O3. The van der Waals surface area contributed by atoms with Crippen molar-refractivity contribution in [2.75, 3.05) is 32.8 Å². The SMILES string of the molecule is O=C1CCC2(CCCN(Cc3ccc(-c4ccccc4F)o3)C2)CN1CCO. The van der Waals surface area contributed by atoms with Crippen molar-refractivity contribution in [1.82, 2.24) is 9.80 Å². The number of β-amino-alcohol motifs (C(OH)–C–C–N with tert-alkyl or cyclic N) is 1. The topological polar surface area (TPSA) is 56.9 Å². The molecule has 2 aliphatic rings. The zero-order valence-corrected chi connectivity index (χ0v) is 16.1. The Labute approximate surface area is 164 Å². The van der Waals surface area contributed by atoms with E-state index in [0.717, 1.165) is 44.7 Å². The van der Waals surface area contributed by atoms with Gasteiger partial charge in [0, 0.05) is 31.5 Å². The zero-order valence-electron chi connectivity index (χ0n) is 16.1. The van der Waals surface area contributed by atoms with Crippen molar-refractivity contribution in [2.45, 2.75) is 32.2 Å². The number of nitrogens with zero attached hydrogens (tertiary/aromatic N) is 2. The van der Waals surface area contributed by atoms with Crippen LogP contribution >= 0.6 is 0 Å². The van der Waals surface area contributed by atoms with E-state index in [1.807, 2.05) is 17.0 Å². The van der Waals surface area contributed by atoms with E-state index in [4.69, 9.17) is 4.42 Å². The lowest BCUT2D eigenvalue weighted by molar-refractivity contribution is -0.140. The van der Waals surface area contributed by atoms with Crippen LogP contribution in [0.25, 0.3) is 11.3 Å². The monoisotopic (exact) mass is 386 g/mol. The van der Waals surface area contributed by atoms with E-state index in [1.165, 1.54) is 6.07 Å². The van der Waals surface area contributed by atoms with Gasteiger partial charge in [-0.05, 0) is 50.1 Å². The predicted octanol–water partition coefficient (Wildman–Crippen LogP) is 3.28. The maximum Gasteiger partial charge on any atom is 0.222 e. The van der Waals surface area contributed by atoms with Crippen LogP contribution in [0, 0.1) is 11.2 Å². The minimum absolute atomic E-state index is 0.0107. The van der Waals surface area contributed by atoms with Crippen molar-refractivity contribution in [1.29, 1.82) is 0 Å². The number of piperidine rings is 2. The molecule has 1 amide bonds. The lowest BCUT2D eigenvalue weighted by Gasteiger charge is -2.48.